The number of hydrogen-bond acceptors (Lipinski definition) is 4. The van der Waals surface area contributed by atoms with Crippen molar-refractivity contribution in [1.29, 1.82) is 0 Å². The zero-order valence-corrected chi connectivity index (χ0v) is 28.6. The average molecular weight is 678 g/mol. The van der Waals surface area contributed by atoms with Gasteiger partial charge in [0.25, 0.3) is 0 Å². The van der Waals surface area contributed by atoms with E-state index in [9.17, 15) is 0 Å². The van der Waals surface area contributed by atoms with E-state index in [1.165, 1.54) is 11.1 Å². The highest BCUT2D eigenvalue weighted by Gasteiger charge is 2.18. The van der Waals surface area contributed by atoms with Crippen molar-refractivity contribution < 1.29 is 4.42 Å². The minimum atomic E-state index is 0.582. The maximum absolute atomic E-state index is 6.50. The normalized spacial score (nSPS) is 11.4. The lowest BCUT2D eigenvalue weighted by atomic mass is 9.95. The van der Waals surface area contributed by atoms with Gasteiger partial charge in [-0.15, -0.1) is 0 Å². The Labute approximate surface area is 306 Å². The first-order chi connectivity index (χ1) is 26.3. The highest BCUT2D eigenvalue weighted by molar-refractivity contribution is 6.13. The Morgan fingerprint density at radius 1 is 0.283 bits per heavy atom. The minimum Gasteiger partial charge on any atom is -0.456 e. The Kier molecular flexibility index (Phi) is 7.43. The molecule has 0 atom stereocenters. The number of nitrogens with zero attached hydrogens (tertiary/aromatic N) is 3. The predicted octanol–water partition coefficient (Wildman–Crippen LogP) is 12.9. The van der Waals surface area contributed by atoms with E-state index in [2.05, 4.69) is 164 Å². The van der Waals surface area contributed by atoms with Crippen LogP contribution in [0.5, 0.6) is 0 Å². The predicted molar refractivity (Wildman–Crippen MR) is 217 cm³/mol. The molecule has 0 N–H and O–H groups in total. The molecule has 10 aromatic rings. The highest BCUT2D eigenvalue weighted by Crippen LogP contribution is 2.39. The van der Waals surface area contributed by atoms with Crippen molar-refractivity contribution in [3.8, 4) is 67.5 Å². The second-order valence-electron chi connectivity index (χ2n) is 13.2. The number of furan rings is 1. The lowest BCUT2D eigenvalue weighted by Gasteiger charge is -2.13. The fourth-order valence-electron chi connectivity index (χ4n) is 7.39. The highest BCUT2D eigenvalue weighted by atomic mass is 16.3. The number of hydrogen-bond donors (Lipinski definition) is 0. The van der Waals surface area contributed by atoms with Gasteiger partial charge in [-0.05, 0) is 62.4 Å². The van der Waals surface area contributed by atoms with E-state index >= 15 is 0 Å². The molecule has 0 fully saturated rings. The zero-order chi connectivity index (χ0) is 35.1. The lowest BCUT2D eigenvalue weighted by Crippen LogP contribution is -2.00. The molecule has 0 aliphatic heterocycles. The molecule has 248 valence electrons. The molecule has 0 saturated heterocycles. The van der Waals surface area contributed by atoms with E-state index in [0.717, 1.165) is 71.7 Å². The van der Waals surface area contributed by atoms with Crippen LogP contribution in [-0.2, 0) is 0 Å². The van der Waals surface area contributed by atoms with Crippen LogP contribution in [-0.4, -0.2) is 15.0 Å². The summed E-state index contributed by atoms with van der Waals surface area (Å²) in [6.45, 7) is 0. The second kappa shape index (κ2) is 12.9. The fourth-order valence-corrected chi connectivity index (χ4v) is 7.39. The van der Waals surface area contributed by atoms with Gasteiger partial charge in [-0.25, -0.2) is 15.0 Å². The van der Waals surface area contributed by atoms with Gasteiger partial charge in [-0.1, -0.05) is 170 Å². The summed E-state index contributed by atoms with van der Waals surface area (Å²) in [6, 6.07) is 65.1. The van der Waals surface area contributed by atoms with E-state index in [1.807, 2.05) is 24.3 Å². The molecule has 2 heterocycles. The first kappa shape index (κ1) is 30.6. The maximum Gasteiger partial charge on any atom is 0.164 e. The molecule has 0 aliphatic rings. The van der Waals surface area contributed by atoms with Crippen LogP contribution in [0.15, 0.2) is 192 Å². The summed E-state index contributed by atoms with van der Waals surface area (Å²) in [5.41, 5.74) is 11.3. The van der Waals surface area contributed by atoms with E-state index in [4.69, 9.17) is 19.4 Å². The number of fused-ring (bicyclic) bond motifs is 4. The number of benzene rings is 8. The molecule has 10 rings (SSSR count). The molecule has 53 heavy (non-hydrogen) atoms. The van der Waals surface area contributed by atoms with Crippen molar-refractivity contribution in [2.24, 2.45) is 0 Å². The van der Waals surface area contributed by atoms with E-state index < -0.39 is 0 Å². The maximum atomic E-state index is 6.50. The van der Waals surface area contributed by atoms with Gasteiger partial charge >= 0.3 is 0 Å². The monoisotopic (exact) mass is 677 g/mol. The minimum absolute atomic E-state index is 0.582. The molecule has 0 amide bonds. The van der Waals surface area contributed by atoms with Gasteiger partial charge in [-0.3, -0.25) is 0 Å². The molecule has 0 radical (unpaired) electrons. The van der Waals surface area contributed by atoms with Crippen molar-refractivity contribution in [2.45, 2.75) is 0 Å². The summed E-state index contributed by atoms with van der Waals surface area (Å²) < 4.78 is 6.50. The molecule has 0 spiro atoms. The summed E-state index contributed by atoms with van der Waals surface area (Å²) in [7, 11) is 0. The standard InChI is InChI=1S/C49H31N3O/c1-4-13-32(14-5-1)33-25-27-36(28-26-33)47-50-48(37-29-30-43-45(31-37)53-44-24-12-20-39(46(43)44)35-17-8-3-9-18-35)52-49(51-47)42-23-11-21-40-38(19-10-22-41(40)42)34-15-6-2-7-16-34/h1-31H. The number of rotatable bonds is 6. The lowest BCUT2D eigenvalue weighted by molar-refractivity contribution is 0.669. The quantitative estimate of drug-likeness (QED) is 0.176. The van der Waals surface area contributed by atoms with Crippen molar-refractivity contribution >= 4 is 32.7 Å². The smallest absolute Gasteiger partial charge is 0.164 e. The third-order valence-corrected chi connectivity index (χ3v) is 9.97. The van der Waals surface area contributed by atoms with Gasteiger partial charge in [0.15, 0.2) is 17.5 Å². The molecule has 4 heteroatoms. The Bertz CT molecular complexity index is 2920. The fraction of sp³-hybridized carbons (Fsp3) is 0. The molecular formula is C49H31N3O. The van der Waals surface area contributed by atoms with Gasteiger partial charge in [0.2, 0.25) is 0 Å². The largest absolute Gasteiger partial charge is 0.456 e. The first-order valence-electron chi connectivity index (χ1n) is 17.8. The van der Waals surface area contributed by atoms with Gasteiger partial charge in [0.05, 0.1) is 0 Å². The molecule has 8 aromatic carbocycles. The van der Waals surface area contributed by atoms with E-state index in [0.29, 0.717) is 17.5 Å². The van der Waals surface area contributed by atoms with Crippen molar-refractivity contribution in [3.63, 3.8) is 0 Å². The first-order valence-corrected chi connectivity index (χ1v) is 17.8. The second-order valence-corrected chi connectivity index (χ2v) is 13.2. The van der Waals surface area contributed by atoms with E-state index in [-0.39, 0.29) is 0 Å². The van der Waals surface area contributed by atoms with Crippen molar-refractivity contribution in [1.82, 2.24) is 15.0 Å². The average Bonchev–Trinajstić information content (AvgIpc) is 3.62. The molecule has 0 saturated carbocycles. The Balaban J connectivity index is 1.15. The Morgan fingerprint density at radius 3 is 1.47 bits per heavy atom. The van der Waals surface area contributed by atoms with Crippen LogP contribution < -0.4 is 0 Å². The number of aromatic nitrogens is 3. The van der Waals surface area contributed by atoms with Gasteiger partial charge in [0.1, 0.15) is 11.2 Å². The third-order valence-electron chi connectivity index (χ3n) is 9.97. The molecule has 2 aromatic heterocycles. The Morgan fingerprint density at radius 2 is 0.774 bits per heavy atom. The molecule has 0 aliphatic carbocycles. The van der Waals surface area contributed by atoms with Crippen LogP contribution in [0.3, 0.4) is 0 Å². The van der Waals surface area contributed by atoms with Crippen LogP contribution >= 0.6 is 0 Å². The summed E-state index contributed by atoms with van der Waals surface area (Å²) in [4.78, 5) is 15.4. The van der Waals surface area contributed by atoms with Crippen LogP contribution in [0.2, 0.25) is 0 Å². The van der Waals surface area contributed by atoms with Crippen LogP contribution in [0.4, 0.5) is 0 Å². The van der Waals surface area contributed by atoms with E-state index in [1.54, 1.807) is 0 Å². The van der Waals surface area contributed by atoms with Crippen molar-refractivity contribution in [2.75, 3.05) is 0 Å². The topological polar surface area (TPSA) is 51.8 Å². The molecule has 0 bridgehead atoms. The van der Waals surface area contributed by atoms with Crippen LogP contribution in [0.1, 0.15) is 0 Å². The SMILES string of the molecule is c1ccc(-c2ccc(-c3nc(-c4ccc5c(c4)oc4cccc(-c6ccccc6)c45)nc(-c4cccc5c(-c6ccccc6)cccc45)n3)cc2)cc1. The Hall–Kier alpha value is -7.17. The van der Waals surface area contributed by atoms with Crippen molar-refractivity contribution in [3.05, 3.63) is 188 Å². The summed E-state index contributed by atoms with van der Waals surface area (Å²) in [6.07, 6.45) is 0. The zero-order valence-electron chi connectivity index (χ0n) is 28.6. The summed E-state index contributed by atoms with van der Waals surface area (Å²) in [5, 5.41) is 4.37. The molecular weight excluding hydrogens is 647 g/mol. The molecule has 4 nitrogen and oxygen atoms in total. The van der Waals surface area contributed by atoms with Crippen LogP contribution in [0.25, 0.3) is 100 Å². The summed E-state index contributed by atoms with van der Waals surface area (Å²) >= 11 is 0. The summed E-state index contributed by atoms with van der Waals surface area (Å²) in [5.74, 6) is 1.81. The third kappa shape index (κ3) is 5.54. The molecule has 0 unspecified atom stereocenters. The van der Waals surface area contributed by atoms with Crippen LogP contribution in [0, 0.1) is 0 Å². The van der Waals surface area contributed by atoms with Gasteiger partial charge in [0, 0.05) is 27.5 Å². The van der Waals surface area contributed by atoms with Gasteiger partial charge in [-0.2, -0.15) is 0 Å². The van der Waals surface area contributed by atoms with Gasteiger partial charge < -0.3 is 4.42 Å².